The molecule has 5 heteroatoms. The highest BCUT2D eigenvalue weighted by Crippen LogP contribution is 2.43. The van der Waals surface area contributed by atoms with Gasteiger partial charge in [-0.05, 0) is 37.2 Å². The predicted molar refractivity (Wildman–Crippen MR) is 79.9 cm³/mol. The molecule has 110 valence electrons. The maximum atomic E-state index is 12.1. The maximum absolute atomic E-state index is 12.1. The molecule has 0 aliphatic heterocycles. The molecule has 0 spiro atoms. The molecule has 0 atom stereocenters. The summed E-state index contributed by atoms with van der Waals surface area (Å²) in [5.74, 6) is 0.708. The lowest BCUT2D eigenvalue weighted by Crippen LogP contribution is -2.43. The van der Waals surface area contributed by atoms with Crippen molar-refractivity contribution in [1.82, 2.24) is 20.5 Å². The monoisotopic (exact) mass is 284 g/mol. The number of aromatic amines is 1. The minimum Gasteiger partial charge on any atom is -0.349 e. The molecular weight excluding hydrogens is 264 g/mol. The lowest BCUT2D eigenvalue weighted by atomic mass is 9.65. The molecule has 1 amide bonds. The molecule has 1 aromatic carbocycles. The average Bonchev–Trinajstić information content (AvgIpc) is 2.89. The molecule has 0 saturated heterocycles. The van der Waals surface area contributed by atoms with Gasteiger partial charge in [0.15, 0.2) is 0 Å². The second kappa shape index (κ2) is 5.68. The van der Waals surface area contributed by atoms with E-state index in [1.54, 1.807) is 6.92 Å². The van der Waals surface area contributed by atoms with Crippen molar-refractivity contribution in [1.29, 1.82) is 0 Å². The predicted octanol–water partition coefficient (Wildman–Crippen LogP) is 2.26. The lowest BCUT2D eigenvalue weighted by molar-refractivity contribution is 0.0850. The van der Waals surface area contributed by atoms with Crippen LogP contribution in [0.2, 0.25) is 0 Å². The zero-order valence-electron chi connectivity index (χ0n) is 12.2. The van der Waals surface area contributed by atoms with Crippen LogP contribution in [0.5, 0.6) is 0 Å². The Morgan fingerprint density at radius 2 is 2.10 bits per heavy atom. The number of rotatable bonds is 5. The van der Waals surface area contributed by atoms with Gasteiger partial charge in [-0.1, -0.05) is 36.8 Å². The SMILES string of the molecule is Cc1n[nH]c(C(=O)NCC2(Cc3ccccc3)CCC2)n1. The molecule has 1 saturated carbocycles. The summed E-state index contributed by atoms with van der Waals surface area (Å²) in [6, 6.07) is 10.5. The first-order valence-electron chi connectivity index (χ1n) is 7.38. The molecule has 1 aliphatic carbocycles. The van der Waals surface area contributed by atoms with Crippen molar-refractivity contribution in [3.8, 4) is 0 Å². The molecule has 2 aromatic rings. The Morgan fingerprint density at radius 3 is 2.67 bits per heavy atom. The minimum absolute atomic E-state index is 0.171. The van der Waals surface area contributed by atoms with Gasteiger partial charge in [-0.25, -0.2) is 4.98 Å². The van der Waals surface area contributed by atoms with Crippen molar-refractivity contribution in [2.75, 3.05) is 6.54 Å². The Kier molecular flexibility index (Phi) is 3.73. The van der Waals surface area contributed by atoms with Crippen LogP contribution in [0.4, 0.5) is 0 Å². The number of aromatic nitrogens is 3. The van der Waals surface area contributed by atoms with Gasteiger partial charge in [0.25, 0.3) is 5.91 Å². The van der Waals surface area contributed by atoms with E-state index in [4.69, 9.17) is 0 Å². The van der Waals surface area contributed by atoms with Gasteiger partial charge in [0.2, 0.25) is 5.82 Å². The van der Waals surface area contributed by atoms with E-state index in [0.717, 1.165) is 19.3 Å². The summed E-state index contributed by atoms with van der Waals surface area (Å²) in [4.78, 5) is 16.1. The van der Waals surface area contributed by atoms with E-state index >= 15 is 0 Å². The number of carbonyl (C=O) groups excluding carboxylic acids is 1. The van der Waals surface area contributed by atoms with Gasteiger partial charge in [-0.2, -0.15) is 5.10 Å². The van der Waals surface area contributed by atoms with Crippen LogP contribution in [-0.4, -0.2) is 27.6 Å². The van der Waals surface area contributed by atoms with Gasteiger partial charge in [0, 0.05) is 6.54 Å². The van der Waals surface area contributed by atoms with Crippen LogP contribution in [0.1, 0.15) is 41.3 Å². The van der Waals surface area contributed by atoms with Crippen molar-refractivity contribution in [2.45, 2.75) is 32.6 Å². The molecule has 1 aliphatic rings. The number of nitrogens with zero attached hydrogens (tertiary/aromatic N) is 2. The molecule has 3 rings (SSSR count). The number of aryl methyl sites for hydroxylation is 1. The Bertz CT molecular complexity index is 616. The van der Waals surface area contributed by atoms with Crippen LogP contribution in [-0.2, 0) is 6.42 Å². The van der Waals surface area contributed by atoms with Gasteiger partial charge in [0.05, 0.1) is 0 Å². The van der Waals surface area contributed by atoms with E-state index in [9.17, 15) is 4.79 Å². The van der Waals surface area contributed by atoms with Crippen LogP contribution >= 0.6 is 0 Å². The largest absolute Gasteiger partial charge is 0.349 e. The number of benzene rings is 1. The van der Waals surface area contributed by atoms with Gasteiger partial charge >= 0.3 is 0 Å². The highest BCUT2D eigenvalue weighted by Gasteiger charge is 2.37. The molecule has 2 N–H and O–H groups in total. The number of carbonyl (C=O) groups is 1. The molecule has 5 nitrogen and oxygen atoms in total. The molecular formula is C16H20N4O. The van der Waals surface area contributed by atoms with Crippen molar-refractivity contribution < 1.29 is 4.79 Å². The van der Waals surface area contributed by atoms with E-state index in [-0.39, 0.29) is 11.3 Å². The third-order valence-corrected chi connectivity index (χ3v) is 4.27. The Balaban J connectivity index is 1.61. The fraction of sp³-hybridized carbons (Fsp3) is 0.438. The van der Waals surface area contributed by atoms with Crippen LogP contribution < -0.4 is 5.32 Å². The number of H-pyrrole nitrogens is 1. The summed E-state index contributed by atoms with van der Waals surface area (Å²) < 4.78 is 0. The summed E-state index contributed by atoms with van der Waals surface area (Å²) in [6.07, 6.45) is 4.59. The maximum Gasteiger partial charge on any atom is 0.288 e. The second-order valence-electron chi connectivity index (χ2n) is 5.93. The molecule has 21 heavy (non-hydrogen) atoms. The van der Waals surface area contributed by atoms with Gasteiger partial charge in [0.1, 0.15) is 5.82 Å². The Hall–Kier alpha value is -2.17. The van der Waals surface area contributed by atoms with Crippen molar-refractivity contribution in [3.05, 3.63) is 47.5 Å². The molecule has 1 aromatic heterocycles. The van der Waals surface area contributed by atoms with E-state index in [1.807, 2.05) is 6.07 Å². The normalized spacial score (nSPS) is 16.2. The number of hydrogen-bond acceptors (Lipinski definition) is 3. The third kappa shape index (κ3) is 3.12. The van der Waals surface area contributed by atoms with Crippen LogP contribution in [0.15, 0.2) is 30.3 Å². The Labute approximate surface area is 124 Å². The van der Waals surface area contributed by atoms with E-state index in [0.29, 0.717) is 18.2 Å². The van der Waals surface area contributed by atoms with Crippen molar-refractivity contribution >= 4 is 5.91 Å². The zero-order chi connectivity index (χ0) is 14.7. The van der Waals surface area contributed by atoms with Gasteiger partial charge in [-0.15, -0.1) is 0 Å². The van der Waals surface area contributed by atoms with E-state index in [1.165, 1.54) is 12.0 Å². The molecule has 0 unspecified atom stereocenters. The fourth-order valence-electron chi connectivity index (χ4n) is 2.92. The molecule has 1 fully saturated rings. The first-order chi connectivity index (χ1) is 10.2. The standard InChI is InChI=1S/C16H20N4O/c1-12-18-14(20-19-12)15(21)17-11-16(8-5-9-16)10-13-6-3-2-4-7-13/h2-4,6-7H,5,8-11H2,1H3,(H,17,21)(H,18,19,20). The van der Waals surface area contributed by atoms with Crippen LogP contribution in [0.3, 0.4) is 0 Å². The van der Waals surface area contributed by atoms with Crippen molar-refractivity contribution in [3.63, 3.8) is 0 Å². The highest BCUT2D eigenvalue weighted by atomic mass is 16.2. The van der Waals surface area contributed by atoms with E-state index < -0.39 is 0 Å². The quantitative estimate of drug-likeness (QED) is 0.884. The van der Waals surface area contributed by atoms with Gasteiger partial charge in [-0.3, -0.25) is 9.89 Å². The zero-order valence-corrected chi connectivity index (χ0v) is 12.2. The first kappa shape index (κ1) is 13.8. The van der Waals surface area contributed by atoms with Gasteiger partial charge < -0.3 is 5.32 Å². The summed E-state index contributed by atoms with van der Waals surface area (Å²) in [5.41, 5.74) is 1.54. The highest BCUT2D eigenvalue weighted by molar-refractivity contribution is 5.90. The minimum atomic E-state index is -0.171. The molecule has 1 heterocycles. The Morgan fingerprint density at radius 1 is 1.33 bits per heavy atom. The molecule has 0 bridgehead atoms. The summed E-state index contributed by atoms with van der Waals surface area (Å²) in [6.45, 7) is 2.45. The van der Waals surface area contributed by atoms with Crippen molar-refractivity contribution in [2.24, 2.45) is 5.41 Å². The number of amides is 1. The van der Waals surface area contributed by atoms with E-state index in [2.05, 4.69) is 44.8 Å². The summed E-state index contributed by atoms with van der Waals surface area (Å²) in [7, 11) is 0. The van der Waals surface area contributed by atoms with Crippen LogP contribution in [0, 0.1) is 12.3 Å². The second-order valence-corrected chi connectivity index (χ2v) is 5.93. The third-order valence-electron chi connectivity index (χ3n) is 4.27. The smallest absolute Gasteiger partial charge is 0.288 e. The first-order valence-corrected chi connectivity index (χ1v) is 7.38. The fourth-order valence-corrected chi connectivity index (χ4v) is 2.92. The number of nitrogens with one attached hydrogen (secondary N) is 2. The topological polar surface area (TPSA) is 70.7 Å². The lowest BCUT2D eigenvalue weighted by Gasteiger charge is -2.42. The summed E-state index contributed by atoms with van der Waals surface area (Å²) in [5, 5.41) is 9.54. The number of hydrogen-bond donors (Lipinski definition) is 2. The average molecular weight is 284 g/mol. The summed E-state index contributed by atoms with van der Waals surface area (Å²) >= 11 is 0. The van der Waals surface area contributed by atoms with Crippen LogP contribution in [0.25, 0.3) is 0 Å². The molecule has 0 radical (unpaired) electrons.